The van der Waals surface area contributed by atoms with Gasteiger partial charge in [0, 0.05) is 0 Å². The molecule has 0 aromatic carbocycles. The van der Waals surface area contributed by atoms with E-state index in [0.29, 0.717) is 11.8 Å². The van der Waals surface area contributed by atoms with Crippen molar-refractivity contribution in [3.05, 3.63) is 44.5 Å². The summed E-state index contributed by atoms with van der Waals surface area (Å²) in [6, 6.07) is 0. The van der Waals surface area contributed by atoms with Gasteiger partial charge in [-0.2, -0.15) is 0 Å². The average Bonchev–Trinajstić information content (AvgIpc) is 3.22. The molecule has 0 saturated heterocycles. The topological polar surface area (TPSA) is 0 Å². The molecule has 0 N–H and O–H groups in total. The van der Waals surface area contributed by atoms with Gasteiger partial charge in [0.1, 0.15) is 0 Å². The van der Waals surface area contributed by atoms with Crippen molar-refractivity contribution in [1.29, 1.82) is 0 Å². The SMILES string of the molecule is Cc1c(C)c2c(C)c3c4c-2c2c(c1C)[C@H](C)[C@H](C)[C@H](C)C2C1C4C2C4C3[C@@H](C)[C@@H](C)[C@@H](C)C4[C@@H](C)[C@@H](C)C2[C@@H](C)[C@H]1C. The summed E-state index contributed by atoms with van der Waals surface area (Å²) in [6.45, 7) is 36.8. The third-order valence-electron chi connectivity index (χ3n) is 17.6. The molecule has 0 radical (unpaired) electrons. The van der Waals surface area contributed by atoms with Crippen molar-refractivity contribution >= 4 is 0 Å². The summed E-state index contributed by atoms with van der Waals surface area (Å²) < 4.78 is 0. The highest BCUT2D eigenvalue weighted by atomic mass is 14.7. The molecule has 42 heavy (non-hydrogen) atoms. The molecule has 0 bridgehead atoms. The number of hydrogen-bond acceptors (Lipinski definition) is 0. The second-order valence-corrected chi connectivity index (χ2v) is 17.9. The van der Waals surface area contributed by atoms with E-state index in [4.69, 9.17) is 0 Å². The second kappa shape index (κ2) is 8.69. The van der Waals surface area contributed by atoms with Gasteiger partial charge in [-0.3, -0.25) is 0 Å². The Labute approximate surface area is 258 Å². The number of hydrogen-bond donors (Lipinski definition) is 0. The van der Waals surface area contributed by atoms with Crippen LogP contribution in [0.1, 0.15) is 137 Å². The van der Waals surface area contributed by atoms with E-state index < -0.39 is 0 Å². The van der Waals surface area contributed by atoms with Gasteiger partial charge in [0.05, 0.1) is 0 Å². The summed E-state index contributed by atoms with van der Waals surface area (Å²) in [5.74, 6) is 14.4. The fraction of sp³-hybridized carbons (Fsp3) is 0.762. The Morgan fingerprint density at radius 2 is 0.738 bits per heavy atom. The van der Waals surface area contributed by atoms with Crippen LogP contribution >= 0.6 is 0 Å². The van der Waals surface area contributed by atoms with Crippen molar-refractivity contribution < 1.29 is 0 Å². The molecular weight excluding hydrogens is 504 g/mol. The zero-order valence-corrected chi connectivity index (χ0v) is 29.4. The first-order chi connectivity index (χ1) is 19.7. The molecule has 0 nitrogen and oxygen atoms in total. The van der Waals surface area contributed by atoms with Crippen LogP contribution in [0.2, 0.25) is 0 Å². The van der Waals surface area contributed by atoms with E-state index in [2.05, 4.69) is 96.9 Å². The van der Waals surface area contributed by atoms with Gasteiger partial charge in [-0.15, -0.1) is 0 Å². The highest BCUT2D eigenvalue weighted by Gasteiger charge is 2.68. The van der Waals surface area contributed by atoms with Crippen LogP contribution in [-0.4, -0.2) is 0 Å². The maximum atomic E-state index is 2.73. The van der Waals surface area contributed by atoms with Gasteiger partial charge in [0.25, 0.3) is 0 Å². The first kappa shape index (κ1) is 28.2. The molecule has 0 aliphatic heterocycles. The zero-order valence-electron chi connectivity index (χ0n) is 29.4. The van der Waals surface area contributed by atoms with Crippen LogP contribution in [0.4, 0.5) is 0 Å². The molecule has 18 atom stereocenters. The Morgan fingerprint density at radius 1 is 0.286 bits per heavy atom. The van der Waals surface area contributed by atoms with Gasteiger partial charge in [-0.1, -0.05) is 69.2 Å². The molecule has 3 fully saturated rings. The maximum absolute atomic E-state index is 2.73. The molecule has 0 aromatic heterocycles. The molecule has 0 heteroatoms. The van der Waals surface area contributed by atoms with Crippen LogP contribution < -0.4 is 0 Å². The molecular formula is C42H60. The lowest BCUT2D eigenvalue weighted by molar-refractivity contribution is -0.167. The van der Waals surface area contributed by atoms with Crippen molar-refractivity contribution in [1.82, 2.24) is 0 Å². The predicted octanol–water partition coefficient (Wildman–Crippen LogP) is 11.3. The first-order valence-corrected chi connectivity index (χ1v) is 18.3. The van der Waals surface area contributed by atoms with Crippen molar-refractivity contribution in [2.24, 2.45) is 82.9 Å². The molecule has 8 aliphatic carbocycles. The minimum atomic E-state index is 0.636. The van der Waals surface area contributed by atoms with Crippen LogP contribution in [0.15, 0.2) is 0 Å². The van der Waals surface area contributed by atoms with Crippen LogP contribution in [0.3, 0.4) is 0 Å². The maximum Gasteiger partial charge on any atom is -0.00817 e. The highest BCUT2D eigenvalue weighted by Crippen LogP contribution is 2.77. The smallest absolute Gasteiger partial charge is 0.00817 e. The van der Waals surface area contributed by atoms with Crippen LogP contribution in [0.5, 0.6) is 0 Å². The minimum absolute atomic E-state index is 0.636. The highest BCUT2D eigenvalue weighted by molar-refractivity contribution is 5.88. The molecule has 8 unspecified atom stereocenters. The summed E-state index contributed by atoms with van der Waals surface area (Å²) in [4.78, 5) is 0. The normalized spacial score (nSPS) is 51.6. The van der Waals surface area contributed by atoms with Gasteiger partial charge < -0.3 is 0 Å². The van der Waals surface area contributed by atoms with Crippen LogP contribution in [0.25, 0.3) is 11.1 Å². The Morgan fingerprint density at radius 3 is 1.33 bits per heavy atom. The molecule has 0 spiro atoms. The molecule has 8 rings (SSSR count). The van der Waals surface area contributed by atoms with E-state index in [-0.39, 0.29) is 0 Å². The molecule has 0 aromatic rings. The lowest BCUT2D eigenvalue weighted by atomic mass is 9.34. The Bertz CT molecular complexity index is 1460. The fourth-order valence-corrected chi connectivity index (χ4v) is 14.8. The van der Waals surface area contributed by atoms with Gasteiger partial charge >= 0.3 is 0 Å². The number of rotatable bonds is 0. The van der Waals surface area contributed by atoms with E-state index >= 15 is 0 Å². The molecule has 0 heterocycles. The summed E-state index contributed by atoms with van der Waals surface area (Å²) in [5.41, 5.74) is 17.5. The quantitative estimate of drug-likeness (QED) is 0.298. The van der Waals surface area contributed by atoms with Gasteiger partial charge in [-0.25, -0.2) is 0 Å². The summed E-state index contributed by atoms with van der Waals surface area (Å²) >= 11 is 0. The lowest BCUT2D eigenvalue weighted by Crippen LogP contribution is -2.63. The third kappa shape index (κ3) is 2.86. The monoisotopic (exact) mass is 564 g/mol. The van der Waals surface area contributed by atoms with Gasteiger partial charge in [0.15, 0.2) is 0 Å². The molecule has 0 amide bonds. The second-order valence-electron chi connectivity index (χ2n) is 17.9. The van der Waals surface area contributed by atoms with Crippen molar-refractivity contribution in [3.63, 3.8) is 0 Å². The van der Waals surface area contributed by atoms with Crippen LogP contribution in [0, 0.1) is 111 Å². The Kier molecular flexibility index (Phi) is 5.84. The molecule has 8 aliphatic rings. The minimum Gasteiger partial charge on any atom is -0.0620 e. The van der Waals surface area contributed by atoms with Crippen molar-refractivity contribution in [2.75, 3.05) is 0 Å². The summed E-state index contributed by atoms with van der Waals surface area (Å²) in [7, 11) is 0. The summed E-state index contributed by atoms with van der Waals surface area (Å²) in [6.07, 6.45) is 0. The number of fused-ring (bicyclic) bond motifs is 2. The van der Waals surface area contributed by atoms with Gasteiger partial charge in [-0.05, 0) is 190 Å². The van der Waals surface area contributed by atoms with E-state index in [1.165, 1.54) is 0 Å². The average molecular weight is 565 g/mol. The van der Waals surface area contributed by atoms with E-state index in [0.717, 1.165) is 94.7 Å². The Hall–Kier alpha value is -1.30. The summed E-state index contributed by atoms with van der Waals surface area (Å²) in [5, 5.41) is 0. The standard InChI is InChI=1S/C42H60/c1-15-18(4)29-19(5)16(2)22(8)33-35-27(13)26(12)31-25(11)24(10)30-20(6)17(3)23(9)34-36-28(14)32(21(15)7)40(37(29)33)42(36)41(35)39(31)38(30)34/h16-17,19-20,22-27,30-31,33-35,38-39,41H,1-14H3/t16-,17-,19+,20+,22-,23-,24-,25+,26-,27+,30?,31?,33?,34?,35?,38?,39?,41?/m0/s1. The zero-order chi connectivity index (χ0) is 30.2. The third-order valence-corrected chi connectivity index (χ3v) is 17.6. The van der Waals surface area contributed by atoms with Crippen molar-refractivity contribution in [3.8, 4) is 11.1 Å². The van der Waals surface area contributed by atoms with E-state index in [9.17, 15) is 0 Å². The van der Waals surface area contributed by atoms with Gasteiger partial charge in [0.2, 0.25) is 0 Å². The Balaban J connectivity index is 1.57. The lowest BCUT2D eigenvalue weighted by Gasteiger charge is -2.70. The van der Waals surface area contributed by atoms with Crippen LogP contribution in [-0.2, 0) is 0 Å². The first-order valence-electron chi connectivity index (χ1n) is 18.3. The molecule has 3 saturated carbocycles. The van der Waals surface area contributed by atoms with Crippen molar-refractivity contribution in [2.45, 2.75) is 121 Å². The fourth-order valence-electron chi connectivity index (χ4n) is 14.8. The van der Waals surface area contributed by atoms with E-state index in [1.807, 2.05) is 22.3 Å². The predicted molar refractivity (Wildman–Crippen MR) is 179 cm³/mol. The molecule has 228 valence electrons. The largest absolute Gasteiger partial charge is 0.0620 e. The van der Waals surface area contributed by atoms with E-state index in [1.54, 1.807) is 33.4 Å².